The lowest BCUT2D eigenvalue weighted by molar-refractivity contribution is -0.143. The standard InChI is InChI=1S/C38H58N6O9/c1-20(2)16-26-29(46)18-25(19-30(47)48)33(49)42-31(23(5)45)36(52)39-22(4)32(37(53)43-38(6,7)8)44-15-9-10-28(44)35(51)41-27(34(50)40-26)17-24-13-11-21(3)12-14-24/h11-14,20,22-23,25-28,31-32,45H,9-10,15-19H2,1-8H3,(H,39,52)(H,40,50)(H,41,51)(H,42,49)(H,43,53)(H,47,48)/t22-,23-,25+,26+,27+,28+,31+,32+/m1/s1. The Bertz CT molecular complexity index is 1510. The van der Waals surface area contributed by atoms with Gasteiger partial charge < -0.3 is 36.8 Å². The van der Waals surface area contributed by atoms with Crippen molar-refractivity contribution in [1.29, 1.82) is 0 Å². The highest BCUT2D eigenvalue weighted by atomic mass is 16.4. The van der Waals surface area contributed by atoms with Gasteiger partial charge in [0.1, 0.15) is 18.1 Å². The third-order valence-corrected chi connectivity index (χ3v) is 9.47. The highest BCUT2D eigenvalue weighted by molar-refractivity contribution is 5.97. The van der Waals surface area contributed by atoms with Gasteiger partial charge in [0.05, 0.1) is 36.6 Å². The molecule has 15 heteroatoms. The quantitative estimate of drug-likeness (QED) is 0.198. The smallest absolute Gasteiger partial charge is 0.304 e. The van der Waals surface area contributed by atoms with Gasteiger partial charge in [-0.1, -0.05) is 43.7 Å². The Hall–Kier alpha value is -4.37. The van der Waals surface area contributed by atoms with Gasteiger partial charge in [-0.25, -0.2) is 0 Å². The molecule has 7 N–H and O–H groups in total. The fourth-order valence-electron chi connectivity index (χ4n) is 6.89. The molecule has 0 bridgehead atoms. The van der Waals surface area contributed by atoms with Gasteiger partial charge in [0.15, 0.2) is 5.78 Å². The zero-order valence-corrected chi connectivity index (χ0v) is 32.2. The number of nitrogens with one attached hydrogen (secondary N) is 5. The number of carbonyl (C=O) groups excluding carboxylic acids is 6. The fraction of sp³-hybridized carbons (Fsp3) is 0.658. The van der Waals surface area contributed by atoms with Crippen molar-refractivity contribution in [1.82, 2.24) is 31.5 Å². The van der Waals surface area contributed by atoms with E-state index in [1.165, 1.54) is 6.92 Å². The van der Waals surface area contributed by atoms with E-state index in [1.54, 1.807) is 32.6 Å². The number of carboxylic acid groups (broad SMARTS) is 1. The van der Waals surface area contributed by atoms with Crippen LogP contribution in [-0.2, 0) is 40.0 Å². The van der Waals surface area contributed by atoms with Crippen LogP contribution in [0.3, 0.4) is 0 Å². The van der Waals surface area contributed by atoms with Crippen LogP contribution in [0.25, 0.3) is 0 Å². The van der Waals surface area contributed by atoms with Gasteiger partial charge in [-0.2, -0.15) is 0 Å². The van der Waals surface area contributed by atoms with Crippen molar-refractivity contribution in [3.8, 4) is 0 Å². The van der Waals surface area contributed by atoms with Gasteiger partial charge in [-0.05, 0) is 78.8 Å². The van der Waals surface area contributed by atoms with E-state index in [2.05, 4.69) is 26.6 Å². The molecule has 2 aliphatic heterocycles. The number of carboxylic acids is 1. The zero-order chi connectivity index (χ0) is 39.8. The average Bonchev–Trinajstić information content (AvgIpc) is 3.50. The lowest BCUT2D eigenvalue weighted by Gasteiger charge is -2.38. The first-order valence-electron chi connectivity index (χ1n) is 18.4. The molecule has 1 aromatic carbocycles. The van der Waals surface area contributed by atoms with Crippen molar-refractivity contribution in [2.75, 3.05) is 6.54 Å². The van der Waals surface area contributed by atoms with E-state index in [0.717, 1.165) is 11.1 Å². The van der Waals surface area contributed by atoms with Crippen LogP contribution < -0.4 is 26.6 Å². The summed E-state index contributed by atoms with van der Waals surface area (Å²) < 4.78 is 0. The van der Waals surface area contributed by atoms with Crippen LogP contribution in [0.5, 0.6) is 0 Å². The molecule has 1 aromatic rings. The summed E-state index contributed by atoms with van der Waals surface area (Å²) in [6, 6.07) is 0.673. The largest absolute Gasteiger partial charge is 0.481 e. The van der Waals surface area contributed by atoms with E-state index < -0.39 is 108 Å². The molecule has 0 aromatic heterocycles. The van der Waals surface area contributed by atoms with E-state index >= 15 is 0 Å². The van der Waals surface area contributed by atoms with E-state index in [-0.39, 0.29) is 18.8 Å². The number of fused-ring (bicyclic) bond motifs is 1. The summed E-state index contributed by atoms with van der Waals surface area (Å²) in [5.41, 5.74) is 1.07. The van der Waals surface area contributed by atoms with Crippen LogP contribution in [0.1, 0.15) is 91.7 Å². The predicted molar refractivity (Wildman–Crippen MR) is 196 cm³/mol. The van der Waals surface area contributed by atoms with Crippen molar-refractivity contribution in [2.24, 2.45) is 11.8 Å². The molecule has 0 aliphatic carbocycles. The molecule has 0 radical (unpaired) electrons. The number of aryl methyl sites for hydroxylation is 1. The molecule has 15 nitrogen and oxygen atoms in total. The summed E-state index contributed by atoms with van der Waals surface area (Å²) >= 11 is 0. The molecular weight excluding hydrogens is 684 g/mol. The van der Waals surface area contributed by atoms with E-state index in [9.17, 15) is 43.8 Å². The normalized spacial score (nSPS) is 27.7. The zero-order valence-electron chi connectivity index (χ0n) is 32.2. The molecule has 53 heavy (non-hydrogen) atoms. The van der Waals surface area contributed by atoms with Crippen molar-refractivity contribution < 1.29 is 43.8 Å². The van der Waals surface area contributed by atoms with E-state index in [0.29, 0.717) is 19.4 Å². The topological polar surface area (TPSA) is 223 Å². The Morgan fingerprint density at radius 3 is 2.09 bits per heavy atom. The maximum absolute atomic E-state index is 14.2. The number of Topliss-reactive ketones (excluding diaryl/α,β-unsaturated/α-hetero) is 1. The fourth-order valence-corrected chi connectivity index (χ4v) is 6.89. The number of ketones is 1. The molecule has 0 unspecified atom stereocenters. The third-order valence-electron chi connectivity index (χ3n) is 9.47. The summed E-state index contributed by atoms with van der Waals surface area (Å²) in [5.74, 6) is -6.94. The first kappa shape index (κ1) is 43.0. The second-order valence-electron chi connectivity index (χ2n) is 16.0. The number of hydrogen-bond acceptors (Lipinski definition) is 9. The predicted octanol–water partition coefficient (Wildman–Crippen LogP) is 0.735. The van der Waals surface area contributed by atoms with Gasteiger partial charge in [-0.3, -0.25) is 38.5 Å². The summed E-state index contributed by atoms with van der Waals surface area (Å²) in [7, 11) is 0. The molecule has 2 fully saturated rings. The molecule has 294 valence electrons. The van der Waals surface area contributed by atoms with Crippen molar-refractivity contribution in [3.05, 3.63) is 35.4 Å². The maximum atomic E-state index is 14.2. The Kier molecular flexibility index (Phi) is 15.1. The minimum Gasteiger partial charge on any atom is -0.481 e. The number of rotatable bonds is 8. The van der Waals surface area contributed by atoms with Gasteiger partial charge in [-0.15, -0.1) is 0 Å². The summed E-state index contributed by atoms with van der Waals surface area (Å²) in [6.45, 7) is 14.1. The van der Waals surface area contributed by atoms with Crippen molar-refractivity contribution in [2.45, 2.75) is 142 Å². The SMILES string of the molecule is Cc1ccc(C[C@@H]2NC(=O)[C@@H]3CCCN3[C@H](C(=O)NC(C)(C)C)[C@@H](C)NC(=O)[C@H]([C@@H](C)O)NC(=O)[C@H](CC(=O)O)CC(=O)[C@H](CC(C)C)NC2=O)cc1. The summed E-state index contributed by atoms with van der Waals surface area (Å²) in [4.78, 5) is 96.9. The molecule has 8 atom stereocenters. The summed E-state index contributed by atoms with van der Waals surface area (Å²) in [5, 5.41) is 34.0. The Balaban J connectivity index is 2.16. The second kappa shape index (κ2) is 18.6. The first-order chi connectivity index (χ1) is 24.7. The number of aliphatic hydroxyl groups is 1. The number of aliphatic carboxylic acids is 1. The molecule has 2 aliphatic rings. The van der Waals surface area contributed by atoms with E-state index in [4.69, 9.17) is 0 Å². The van der Waals surface area contributed by atoms with Crippen LogP contribution in [-0.4, -0.2) is 111 Å². The number of nitrogens with zero attached hydrogens (tertiary/aromatic N) is 1. The van der Waals surface area contributed by atoms with Crippen LogP contribution in [0, 0.1) is 18.8 Å². The lowest BCUT2D eigenvalue weighted by Crippen LogP contribution is -2.65. The summed E-state index contributed by atoms with van der Waals surface area (Å²) in [6.07, 6.45) is -1.66. The van der Waals surface area contributed by atoms with Crippen LogP contribution in [0.2, 0.25) is 0 Å². The van der Waals surface area contributed by atoms with Gasteiger partial charge in [0.2, 0.25) is 29.5 Å². The number of aliphatic hydroxyl groups excluding tert-OH is 1. The van der Waals surface area contributed by atoms with Crippen molar-refractivity contribution in [3.63, 3.8) is 0 Å². The molecular formula is C38H58N6O9. The van der Waals surface area contributed by atoms with Crippen LogP contribution >= 0.6 is 0 Å². The second-order valence-corrected chi connectivity index (χ2v) is 16.0. The highest BCUT2D eigenvalue weighted by Gasteiger charge is 2.44. The highest BCUT2D eigenvalue weighted by Crippen LogP contribution is 2.24. The molecule has 0 spiro atoms. The van der Waals surface area contributed by atoms with Gasteiger partial charge in [0, 0.05) is 18.4 Å². The number of benzene rings is 1. The molecule has 2 heterocycles. The van der Waals surface area contributed by atoms with Gasteiger partial charge >= 0.3 is 5.97 Å². The number of hydrogen-bond donors (Lipinski definition) is 7. The lowest BCUT2D eigenvalue weighted by atomic mass is 9.90. The van der Waals surface area contributed by atoms with Crippen LogP contribution in [0.4, 0.5) is 0 Å². The average molecular weight is 743 g/mol. The minimum absolute atomic E-state index is 0.0817. The van der Waals surface area contributed by atoms with Crippen molar-refractivity contribution >= 4 is 41.3 Å². The monoisotopic (exact) mass is 742 g/mol. The third kappa shape index (κ3) is 12.6. The Labute approximate surface area is 311 Å². The molecule has 0 saturated carbocycles. The molecule has 3 rings (SSSR count). The molecule has 5 amide bonds. The molecule has 2 saturated heterocycles. The first-order valence-corrected chi connectivity index (χ1v) is 18.4. The number of carbonyl (C=O) groups is 7. The Morgan fingerprint density at radius 2 is 1.53 bits per heavy atom. The van der Waals surface area contributed by atoms with Gasteiger partial charge in [0.25, 0.3) is 0 Å². The number of amides is 5. The maximum Gasteiger partial charge on any atom is 0.304 e. The minimum atomic E-state index is -1.58. The van der Waals surface area contributed by atoms with E-state index in [1.807, 2.05) is 45.0 Å². The van der Waals surface area contributed by atoms with Crippen LogP contribution in [0.15, 0.2) is 24.3 Å². The Morgan fingerprint density at radius 1 is 0.906 bits per heavy atom.